The zero-order valence-corrected chi connectivity index (χ0v) is 23.8. The maximum Gasteiger partial charge on any atom is 0.331 e. The van der Waals surface area contributed by atoms with Crippen LogP contribution in [0.5, 0.6) is 11.5 Å². The molecule has 0 spiro atoms. The Morgan fingerprint density at radius 2 is 1.53 bits per heavy atom. The van der Waals surface area contributed by atoms with E-state index in [4.69, 9.17) is 15.2 Å². The number of rotatable bonds is 8. The van der Waals surface area contributed by atoms with Crippen molar-refractivity contribution >= 4 is 5.69 Å². The average molecular weight is 590 g/mol. The molecule has 1 atom stereocenters. The van der Waals surface area contributed by atoms with E-state index in [1.165, 1.54) is 10.6 Å². The lowest BCUT2D eigenvalue weighted by atomic mass is 10.1. The molecule has 0 aliphatic carbocycles. The lowest BCUT2D eigenvalue weighted by molar-refractivity contribution is 0.174. The smallest absolute Gasteiger partial charge is 0.331 e. The molecule has 1 fully saturated rings. The summed E-state index contributed by atoms with van der Waals surface area (Å²) in [7, 11) is 0. The summed E-state index contributed by atoms with van der Waals surface area (Å²) >= 11 is 0. The highest BCUT2D eigenvalue weighted by Gasteiger charge is 2.27. The van der Waals surface area contributed by atoms with Gasteiger partial charge in [-0.15, -0.1) is 0 Å². The number of ether oxygens (including phenoxy) is 2. The number of halogens is 2. The van der Waals surface area contributed by atoms with Crippen molar-refractivity contribution in [2.24, 2.45) is 5.73 Å². The second-order valence-electron chi connectivity index (χ2n) is 10.9. The quantitative estimate of drug-likeness (QED) is 0.337. The minimum absolute atomic E-state index is 0.0845. The lowest BCUT2D eigenvalue weighted by Crippen LogP contribution is -2.51. The fraction of sp³-hybridized carbons (Fsp3) is 0.312. The summed E-state index contributed by atoms with van der Waals surface area (Å²) in [5.74, 6) is -0.0558. The Morgan fingerprint density at radius 3 is 2.26 bits per heavy atom. The molecular weight excluding hydrogens is 556 g/mol. The van der Waals surface area contributed by atoms with Gasteiger partial charge in [0.25, 0.3) is 5.56 Å². The summed E-state index contributed by atoms with van der Waals surface area (Å²) in [5, 5.41) is 0. The maximum atomic E-state index is 14.7. The van der Waals surface area contributed by atoms with Crippen LogP contribution in [0.1, 0.15) is 28.4 Å². The van der Waals surface area contributed by atoms with Crippen molar-refractivity contribution in [1.29, 1.82) is 0 Å². The van der Waals surface area contributed by atoms with Crippen LogP contribution >= 0.6 is 0 Å². The van der Waals surface area contributed by atoms with Gasteiger partial charge in [0.1, 0.15) is 17.3 Å². The minimum atomic E-state index is -0.760. The van der Waals surface area contributed by atoms with Crippen molar-refractivity contribution < 1.29 is 18.3 Å². The molecule has 1 saturated heterocycles. The first kappa shape index (κ1) is 28.6. The van der Waals surface area contributed by atoms with Gasteiger partial charge >= 0.3 is 5.69 Å². The van der Waals surface area contributed by atoms with Crippen LogP contribution in [0.3, 0.4) is 0 Å². The number of hydrogen-bond donors (Lipinski definition) is 1. The molecule has 0 saturated carbocycles. The molecule has 11 heteroatoms. The van der Waals surface area contributed by atoms with Crippen molar-refractivity contribution in [2.45, 2.75) is 32.6 Å². The SMILES string of the molecule is Cc1c(N2CCN(Cc3ccc4c(c3)OCO4)CC2)c(=O)n(CC(N)c2ccccc2)c(=O)n1Cc1c(F)cccc1F. The highest BCUT2D eigenvalue weighted by molar-refractivity contribution is 5.50. The van der Waals surface area contributed by atoms with Gasteiger partial charge in [-0.2, -0.15) is 0 Å². The van der Waals surface area contributed by atoms with Crippen molar-refractivity contribution in [3.63, 3.8) is 0 Å². The zero-order chi connectivity index (χ0) is 30.1. The van der Waals surface area contributed by atoms with Gasteiger partial charge < -0.3 is 20.1 Å². The molecule has 4 aromatic rings. The first-order chi connectivity index (χ1) is 20.8. The van der Waals surface area contributed by atoms with Crippen LogP contribution in [0.15, 0.2) is 76.3 Å². The third-order valence-corrected chi connectivity index (χ3v) is 8.17. The number of piperazine rings is 1. The molecule has 3 aromatic carbocycles. The zero-order valence-electron chi connectivity index (χ0n) is 23.8. The number of hydrogen-bond acceptors (Lipinski definition) is 7. The second kappa shape index (κ2) is 12.0. The van der Waals surface area contributed by atoms with E-state index in [9.17, 15) is 18.4 Å². The van der Waals surface area contributed by atoms with Crippen LogP contribution in [0.25, 0.3) is 0 Å². The summed E-state index contributed by atoms with van der Waals surface area (Å²) in [6.07, 6.45) is 0. The molecule has 2 N–H and O–H groups in total. The topological polar surface area (TPSA) is 95.0 Å². The van der Waals surface area contributed by atoms with E-state index in [0.717, 1.165) is 39.3 Å². The number of fused-ring (bicyclic) bond motifs is 1. The Labute approximate surface area is 247 Å². The third kappa shape index (κ3) is 5.78. The van der Waals surface area contributed by atoms with E-state index in [0.29, 0.717) is 44.1 Å². The van der Waals surface area contributed by atoms with Gasteiger partial charge in [-0.3, -0.25) is 18.8 Å². The number of aromatic nitrogens is 2. The highest BCUT2D eigenvalue weighted by atomic mass is 19.1. The summed E-state index contributed by atoms with van der Waals surface area (Å²) in [4.78, 5) is 31.9. The van der Waals surface area contributed by atoms with Gasteiger partial charge in [0, 0.05) is 50.0 Å². The van der Waals surface area contributed by atoms with Gasteiger partial charge in [-0.05, 0) is 42.3 Å². The molecule has 3 heterocycles. The minimum Gasteiger partial charge on any atom is -0.454 e. The lowest BCUT2D eigenvalue weighted by Gasteiger charge is -2.37. The van der Waals surface area contributed by atoms with E-state index in [2.05, 4.69) is 4.90 Å². The molecule has 0 amide bonds. The standard InChI is InChI=1S/C32H33F2N5O4/c1-21-30(37-14-12-36(13-15-37)17-22-10-11-28-29(16-22)43-20-42-28)31(40)39(19-27(35)23-6-3-2-4-7-23)32(41)38(21)18-24-25(33)8-5-9-26(24)34/h2-11,16,27H,12-15,17-20,35H2,1H3. The van der Waals surface area contributed by atoms with Crippen LogP contribution in [-0.4, -0.2) is 47.0 Å². The van der Waals surface area contributed by atoms with Crippen LogP contribution in [0.2, 0.25) is 0 Å². The number of anilines is 1. The molecule has 9 nitrogen and oxygen atoms in total. The van der Waals surface area contributed by atoms with Gasteiger partial charge in [0.05, 0.1) is 13.1 Å². The van der Waals surface area contributed by atoms with Gasteiger partial charge in [0.2, 0.25) is 6.79 Å². The molecule has 2 aliphatic heterocycles. The fourth-order valence-corrected chi connectivity index (χ4v) is 5.77. The predicted molar refractivity (Wildman–Crippen MR) is 159 cm³/mol. The first-order valence-corrected chi connectivity index (χ1v) is 14.2. The third-order valence-electron chi connectivity index (χ3n) is 8.17. The van der Waals surface area contributed by atoms with Crippen LogP contribution in [0, 0.1) is 18.6 Å². The van der Waals surface area contributed by atoms with E-state index in [-0.39, 0.29) is 25.4 Å². The van der Waals surface area contributed by atoms with E-state index in [1.807, 2.05) is 53.4 Å². The highest BCUT2D eigenvalue weighted by Crippen LogP contribution is 2.33. The molecule has 43 heavy (non-hydrogen) atoms. The first-order valence-electron chi connectivity index (χ1n) is 14.2. The normalized spacial score (nSPS) is 15.6. The molecule has 1 aromatic heterocycles. The Bertz CT molecular complexity index is 1730. The Kier molecular flexibility index (Phi) is 8.00. The van der Waals surface area contributed by atoms with Crippen molar-refractivity contribution in [3.05, 3.63) is 122 Å². The summed E-state index contributed by atoms with van der Waals surface area (Å²) in [6.45, 7) is 4.50. The predicted octanol–water partition coefficient (Wildman–Crippen LogP) is 3.40. The summed E-state index contributed by atoms with van der Waals surface area (Å²) in [6, 6.07) is 18.0. The molecular formula is C32H33F2N5O4. The van der Waals surface area contributed by atoms with E-state index in [1.54, 1.807) is 6.92 Å². The summed E-state index contributed by atoms with van der Waals surface area (Å²) in [5.41, 5.74) is 7.60. The van der Waals surface area contributed by atoms with Gasteiger partial charge in [0.15, 0.2) is 11.5 Å². The Morgan fingerprint density at radius 1 is 0.837 bits per heavy atom. The van der Waals surface area contributed by atoms with E-state index >= 15 is 0 Å². The van der Waals surface area contributed by atoms with Gasteiger partial charge in [-0.1, -0.05) is 42.5 Å². The average Bonchev–Trinajstić information content (AvgIpc) is 3.48. The maximum absolute atomic E-state index is 14.7. The summed E-state index contributed by atoms with van der Waals surface area (Å²) < 4.78 is 42.7. The Hall–Kier alpha value is -4.48. The molecule has 224 valence electrons. The van der Waals surface area contributed by atoms with Crippen LogP contribution in [-0.2, 0) is 19.6 Å². The molecule has 2 aliphatic rings. The largest absolute Gasteiger partial charge is 0.454 e. The molecule has 0 radical (unpaired) electrons. The number of benzene rings is 3. The van der Waals surface area contributed by atoms with Crippen molar-refractivity contribution in [1.82, 2.24) is 14.0 Å². The van der Waals surface area contributed by atoms with Crippen molar-refractivity contribution in [3.8, 4) is 11.5 Å². The number of nitrogens with two attached hydrogens (primary N) is 1. The molecule has 6 rings (SSSR count). The van der Waals surface area contributed by atoms with Gasteiger partial charge in [-0.25, -0.2) is 13.6 Å². The van der Waals surface area contributed by atoms with Crippen LogP contribution in [0.4, 0.5) is 14.5 Å². The second-order valence-corrected chi connectivity index (χ2v) is 10.9. The Balaban J connectivity index is 1.31. The number of nitrogens with zero attached hydrogens (tertiary/aromatic N) is 4. The fourth-order valence-electron chi connectivity index (χ4n) is 5.77. The van der Waals surface area contributed by atoms with E-state index < -0.39 is 28.9 Å². The van der Waals surface area contributed by atoms with Crippen LogP contribution < -0.4 is 31.4 Å². The molecule has 1 unspecified atom stereocenters. The molecule has 0 bridgehead atoms. The van der Waals surface area contributed by atoms with Crippen molar-refractivity contribution in [2.75, 3.05) is 37.9 Å². The monoisotopic (exact) mass is 589 g/mol.